The summed E-state index contributed by atoms with van der Waals surface area (Å²) < 4.78 is 24.0. The third-order valence-electron chi connectivity index (χ3n) is 4.47. The first-order valence-electron chi connectivity index (χ1n) is 9.10. The molecular weight excluding hydrogens is 418 g/mol. The van der Waals surface area contributed by atoms with Crippen molar-refractivity contribution < 1.29 is 13.2 Å². The van der Waals surface area contributed by atoms with E-state index in [2.05, 4.69) is 16.9 Å². The van der Waals surface area contributed by atoms with E-state index in [1.54, 1.807) is 4.90 Å². The van der Waals surface area contributed by atoms with Crippen molar-refractivity contribution in [2.24, 2.45) is 0 Å². The van der Waals surface area contributed by atoms with Crippen molar-refractivity contribution in [1.29, 1.82) is 0 Å². The zero-order valence-corrected chi connectivity index (χ0v) is 17.9. The Balaban J connectivity index is 1.92. The van der Waals surface area contributed by atoms with Crippen LogP contribution in [0.2, 0.25) is 5.02 Å². The lowest BCUT2D eigenvalue weighted by molar-refractivity contribution is 0.0674. The topological polar surface area (TPSA) is 80.2 Å². The number of halogens is 1. The zero-order chi connectivity index (χ0) is 20.1. The van der Waals surface area contributed by atoms with Gasteiger partial charge >= 0.3 is 0 Å². The van der Waals surface area contributed by atoms with Gasteiger partial charge in [-0.1, -0.05) is 60.6 Å². The number of carbonyl (C=O) groups excluding carboxylic acids is 1. The summed E-state index contributed by atoms with van der Waals surface area (Å²) in [6.45, 7) is 2.36. The van der Waals surface area contributed by atoms with E-state index in [1.165, 1.54) is 18.0 Å². The van der Waals surface area contributed by atoms with Gasteiger partial charge in [0.15, 0.2) is 20.7 Å². The third-order valence-corrected chi connectivity index (χ3v) is 7.56. The van der Waals surface area contributed by atoms with E-state index in [0.717, 1.165) is 17.7 Å². The Morgan fingerprint density at radius 2 is 2.07 bits per heavy atom. The number of hydrogen-bond acceptors (Lipinski definition) is 6. The molecule has 0 spiro atoms. The molecule has 1 unspecified atom stereocenters. The van der Waals surface area contributed by atoms with Gasteiger partial charge in [0.1, 0.15) is 0 Å². The molecule has 2 heterocycles. The number of aromatic nitrogens is 2. The van der Waals surface area contributed by atoms with Crippen molar-refractivity contribution in [3.05, 3.63) is 52.8 Å². The van der Waals surface area contributed by atoms with Crippen LogP contribution in [0.3, 0.4) is 0 Å². The Labute approximate surface area is 174 Å². The molecule has 1 fully saturated rings. The van der Waals surface area contributed by atoms with Crippen LogP contribution in [0.15, 0.2) is 41.7 Å². The highest BCUT2D eigenvalue weighted by Gasteiger charge is 2.36. The number of benzene rings is 1. The van der Waals surface area contributed by atoms with E-state index in [0.29, 0.717) is 18.1 Å². The number of thioether (sulfide) groups is 1. The van der Waals surface area contributed by atoms with Crippen molar-refractivity contribution in [3.63, 3.8) is 0 Å². The highest BCUT2D eigenvalue weighted by molar-refractivity contribution is 7.99. The van der Waals surface area contributed by atoms with Crippen LogP contribution in [0.5, 0.6) is 0 Å². The van der Waals surface area contributed by atoms with Gasteiger partial charge < -0.3 is 4.90 Å². The Morgan fingerprint density at radius 3 is 2.71 bits per heavy atom. The van der Waals surface area contributed by atoms with E-state index >= 15 is 0 Å². The van der Waals surface area contributed by atoms with E-state index in [4.69, 9.17) is 11.6 Å². The lowest BCUT2D eigenvalue weighted by Gasteiger charge is -2.28. The summed E-state index contributed by atoms with van der Waals surface area (Å²) in [5.74, 6) is 0.526. The van der Waals surface area contributed by atoms with Gasteiger partial charge in [0.05, 0.1) is 22.7 Å². The largest absolute Gasteiger partial charge is 0.329 e. The lowest BCUT2D eigenvalue weighted by atomic mass is 10.1. The molecule has 0 saturated carbocycles. The molecule has 9 heteroatoms. The molecule has 1 aliphatic heterocycles. The average Bonchev–Trinajstić information content (AvgIpc) is 3.05. The Bertz CT molecular complexity index is 939. The summed E-state index contributed by atoms with van der Waals surface area (Å²) in [6, 6.07) is 9.10. The maximum atomic E-state index is 13.3. The molecule has 0 bridgehead atoms. The first kappa shape index (κ1) is 21.1. The minimum Gasteiger partial charge on any atom is -0.329 e. The highest BCUT2D eigenvalue weighted by atomic mass is 35.5. The second kappa shape index (κ2) is 9.24. The van der Waals surface area contributed by atoms with E-state index in [-0.39, 0.29) is 28.1 Å². The van der Waals surface area contributed by atoms with Gasteiger partial charge in [-0.3, -0.25) is 4.79 Å². The third kappa shape index (κ3) is 5.24. The fourth-order valence-corrected chi connectivity index (χ4v) is 5.64. The highest BCUT2D eigenvalue weighted by Crippen LogP contribution is 2.25. The van der Waals surface area contributed by atoms with Crippen LogP contribution in [-0.2, 0) is 16.4 Å². The number of hydrogen-bond donors (Lipinski definition) is 0. The molecule has 3 rings (SSSR count). The fourth-order valence-electron chi connectivity index (χ4n) is 3.07. The van der Waals surface area contributed by atoms with Gasteiger partial charge in [-0.15, -0.1) is 0 Å². The standard InChI is InChI=1S/C19H22ClN3O3S2/c1-2-9-27-19-21-11-16(20)17(22-19)18(24)23(12-14-6-4-3-5-7-14)15-8-10-28(25,26)13-15/h3-7,11,15H,2,8-10,12-13H2,1H3. The predicted octanol–water partition coefficient (Wildman–Crippen LogP) is 3.46. The Hall–Kier alpha value is -1.64. The molecule has 0 aliphatic carbocycles. The number of rotatable bonds is 7. The monoisotopic (exact) mass is 439 g/mol. The predicted molar refractivity (Wildman–Crippen MR) is 111 cm³/mol. The summed E-state index contributed by atoms with van der Waals surface area (Å²) in [5, 5.41) is 0.665. The molecule has 1 saturated heterocycles. The van der Waals surface area contributed by atoms with Crippen LogP contribution in [-0.4, -0.2) is 52.5 Å². The first-order chi connectivity index (χ1) is 13.4. The Morgan fingerprint density at radius 1 is 1.32 bits per heavy atom. The molecule has 1 aromatic carbocycles. The van der Waals surface area contributed by atoms with Crippen LogP contribution in [0.1, 0.15) is 35.8 Å². The quantitative estimate of drug-likeness (QED) is 0.485. The molecule has 28 heavy (non-hydrogen) atoms. The molecule has 1 amide bonds. The number of carbonyl (C=O) groups is 1. The van der Waals surface area contributed by atoms with E-state index < -0.39 is 15.9 Å². The molecule has 150 valence electrons. The maximum Gasteiger partial charge on any atom is 0.274 e. The summed E-state index contributed by atoms with van der Waals surface area (Å²) in [4.78, 5) is 23.5. The maximum absolute atomic E-state index is 13.3. The van der Waals surface area contributed by atoms with Crippen molar-refractivity contribution in [2.45, 2.75) is 37.5 Å². The molecular formula is C19H22ClN3O3S2. The van der Waals surface area contributed by atoms with Gasteiger partial charge in [0, 0.05) is 18.3 Å². The molecule has 0 radical (unpaired) electrons. The Kier molecular flexibility index (Phi) is 6.95. The second-order valence-electron chi connectivity index (χ2n) is 6.67. The number of nitrogens with zero attached hydrogens (tertiary/aromatic N) is 3. The molecule has 0 N–H and O–H groups in total. The molecule has 1 atom stereocenters. The second-order valence-corrected chi connectivity index (χ2v) is 10.4. The van der Waals surface area contributed by atoms with Gasteiger partial charge in [-0.2, -0.15) is 0 Å². The van der Waals surface area contributed by atoms with Gasteiger partial charge in [-0.05, 0) is 18.4 Å². The lowest BCUT2D eigenvalue weighted by Crippen LogP contribution is -2.41. The van der Waals surface area contributed by atoms with Crippen LogP contribution < -0.4 is 0 Å². The number of amides is 1. The van der Waals surface area contributed by atoms with Gasteiger partial charge in [0.25, 0.3) is 5.91 Å². The van der Waals surface area contributed by atoms with E-state index in [9.17, 15) is 13.2 Å². The summed E-state index contributed by atoms with van der Waals surface area (Å²) in [5.41, 5.74) is 1.04. The smallest absolute Gasteiger partial charge is 0.274 e. The number of sulfone groups is 1. The van der Waals surface area contributed by atoms with Crippen LogP contribution in [0, 0.1) is 0 Å². The minimum absolute atomic E-state index is 0.0360. The first-order valence-corrected chi connectivity index (χ1v) is 12.3. The summed E-state index contributed by atoms with van der Waals surface area (Å²) >= 11 is 7.70. The molecule has 6 nitrogen and oxygen atoms in total. The molecule has 2 aromatic rings. The zero-order valence-electron chi connectivity index (χ0n) is 15.5. The molecule has 1 aliphatic rings. The van der Waals surface area contributed by atoms with Crippen LogP contribution >= 0.6 is 23.4 Å². The van der Waals surface area contributed by atoms with Gasteiger partial charge in [-0.25, -0.2) is 18.4 Å². The van der Waals surface area contributed by atoms with Crippen LogP contribution in [0.4, 0.5) is 0 Å². The average molecular weight is 440 g/mol. The van der Waals surface area contributed by atoms with Crippen molar-refractivity contribution in [2.75, 3.05) is 17.3 Å². The van der Waals surface area contributed by atoms with Crippen molar-refractivity contribution >= 4 is 39.1 Å². The summed E-state index contributed by atoms with van der Waals surface area (Å²) in [7, 11) is -3.14. The normalized spacial score (nSPS) is 18.1. The SMILES string of the molecule is CCCSc1ncc(Cl)c(C(=O)N(Cc2ccccc2)C2CCS(=O)(=O)C2)n1. The summed E-state index contributed by atoms with van der Waals surface area (Å²) in [6.07, 6.45) is 2.81. The molecule has 1 aromatic heterocycles. The van der Waals surface area contributed by atoms with Gasteiger partial charge in [0.2, 0.25) is 0 Å². The van der Waals surface area contributed by atoms with Crippen molar-refractivity contribution in [3.8, 4) is 0 Å². The minimum atomic E-state index is -3.14. The van der Waals surface area contributed by atoms with Crippen LogP contribution in [0.25, 0.3) is 0 Å². The van der Waals surface area contributed by atoms with E-state index in [1.807, 2.05) is 30.3 Å². The van der Waals surface area contributed by atoms with Crippen molar-refractivity contribution in [1.82, 2.24) is 14.9 Å². The fraction of sp³-hybridized carbons (Fsp3) is 0.421.